The van der Waals surface area contributed by atoms with Crippen molar-refractivity contribution in [1.82, 2.24) is 4.90 Å². The molecule has 0 radical (unpaired) electrons. The van der Waals surface area contributed by atoms with E-state index >= 15 is 0 Å². The lowest BCUT2D eigenvalue weighted by Gasteiger charge is -2.33. The number of aromatic carboxylic acids is 1. The van der Waals surface area contributed by atoms with E-state index in [4.69, 9.17) is 4.74 Å². The molecule has 1 saturated heterocycles. The number of para-hydroxylation sites is 1. The molecule has 1 aliphatic carbocycles. The number of benzene rings is 2. The first-order valence-corrected chi connectivity index (χ1v) is 14.6. The molecule has 206 valence electrons. The number of nitrogens with zero attached hydrogens (tertiary/aromatic N) is 1. The van der Waals surface area contributed by atoms with Crippen LogP contribution in [0.3, 0.4) is 0 Å². The van der Waals surface area contributed by atoms with E-state index in [1.165, 1.54) is 6.07 Å². The van der Waals surface area contributed by atoms with E-state index in [9.17, 15) is 23.1 Å². The number of piperidine rings is 1. The van der Waals surface area contributed by atoms with Crippen LogP contribution >= 0.6 is 0 Å². The zero-order chi connectivity index (χ0) is 27.5. The van der Waals surface area contributed by atoms with Gasteiger partial charge in [-0.05, 0) is 94.5 Å². The third kappa shape index (κ3) is 6.59. The molecule has 9 nitrogen and oxygen atoms in total. The van der Waals surface area contributed by atoms with E-state index in [1.54, 1.807) is 29.2 Å². The molecule has 1 fully saturated rings. The quantitative estimate of drug-likeness (QED) is 0.442. The van der Waals surface area contributed by atoms with E-state index in [0.29, 0.717) is 37.3 Å². The molecule has 38 heavy (non-hydrogen) atoms. The number of anilines is 2. The van der Waals surface area contributed by atoms with Crippen LogP contribution in [0.1, 0.15) is 67.9 Å². The Morgan fingerprint density at radius 1 is 1.03 bits per heavy atom. The second kappa shape index (κ2) is 11.2. The van der Waals surface area contributed by atoms with Crippen molar-refractivity contribution in [3.8, 4) is 0 Å². The zero-order valence-electron chi connectivity index (χ0n) is 22.2. The highest BCUT2D eigenvalue weighted by Crippen LogP contribution is 2.32. The molecule has 1 aliphatic heterocycles. The summed E-state index contributed by atoms with van der Waals surface area (Å²) in [7, 11) is -4.06. The minimum absolute atomic E-state index is 0.0352. The minimum Gasteiger partial charge on any atom is -0.478 e. The SMILES string of the molecule is CC(C)(C)OC(=O)N1CCC(CNc2ccccc2S(=O)(=O)Nc2ccc3c(c2C(=O)O)CCCC3)CC1. The van der Waals surface area contributed by atoms with Crippen LogP contribution in [0.25, 0.3) is 0 Å². The highest BCUT2D eigenvalue weighted by Gasteiger charge is 2.28. The molecule has 0 atom stereocenters. The van der Waals surface area contributed by atoms with Gasteiger partial charge < -0.3 is 20.1 Å². The molecule has 0 saturated carbocycles. The third-order valence-electron chi connectivity index (χ3n) is 7.01. The number of carbonyl (C=O) groups is 2. The number of aryl methyl sites for hydroxylation is 1. The van der Waals surface area contributed by atoms with Crippen LogP contribution in [0.5, 0.6) is 0 Å². The number of sulfonamides is 1. The van der Waals surface area contributed by atoms with Crippen LogP contribution < -0.4 is 10.0 Å². The summed E-state index contributed by atoms with van der Waals surface area (Å²) in [4.78, 5) is 26.2. The predicted octanol–water partition coefficient (Wildman–Crippen LogP) is 5.12. The molecule has 3 N–H and O–H groups in total. The molecular weight excluding hydrogens is 506 g/mol. The molecule has 1 heterocycles. The van der Waals surface area contributed by atoms with Gasteiger partial charge in [-0.15, -0.1) is 0 Å². The first kappa shape index (κ1) is 27.8. The number of hydrogen-bond acceptors (Lipinski definition) is 6. The van der Waals surface area contributed by atoms with Gasteiger partial charge in [-0.2, -0.15) is 0 Å². The van der Waals surface area contributed by atoms with Crippen molar-refractivity contribution in [3.05, 3.63) is 53.1 Å². The van der Waals surface area contributed by atoms with Crippen molar-refractivity contribution in [1.29, 1.82) is 0 Å². The second-order valence-electron chi connectivity index (χ2n) is 11.0. The maximum atomic E-state index is 13.4. The van der Waals surface area contributed by atoms with Crippen molar-refractivity contribution < 1.29 is 27.9 Å². The number of carboxylic acids is 1. The van der Waals surface area contributed by atoms with Crippen molar-refractivity contribution in [3.63, 3.8) is 0 Å². The van der Waals surface area contributed by atoms with Gasteiger partial charge in [-0.1, -0.05) is 18.2 Å². The van der Waals surface area contributed by atoms with Gasteiger partial charge in [-0.25, -0.2) is 18.0 Å². The van der Waals surface area contributed by atoms with Crippen LogP contribution in [0, 0.1) is 5.92 Å². The zero-order valence-corrected chi connectivity index (χ0v) is 23.1. The summed E-state index contributed by atoms with van der Waals surface area (Å²) in [6.07, 6.45) is 4.54. The van der Waals surface area contributed by atoms with Crippen LogP contribution in [-0.2, 0) is 27.6 Å². The summed E-state index contributed by atoms with van der Waals surface area (Å²) >= 11 is 0. The third-order valence-corrected chi connectivity index (χ3v) is 8.44. The average Bonchev–Trinajstić information content (AvgIpc) is 2.86. The van der Waals surface area contributed by atoms with Gasteiger partial charge in [0.25, 0.3) is 10.0 Å². The summed E-state index contributed by atoms with van der Waals surface area (Å²) in [6.45, 7) is 7.24. The number of nitrogens with one attached hydrogen (secondary N) is 2. The summed E-state index contributed by atoms with van der Waals surface area (Å²) in [5.74, 6) is -0.873. The Hall–Kier alpha value is -3.27. The maximum absolute atomic E-state index is 13.4. The van der Waals surface area contributed by atoms with Gasteiger partial charge in [0.1, 0.15) is 10.5 Å². The molecule has 0 aromatic heterocycles. The van der Waals surface area contributed by atoms with Crippen molar-refractivity contribution in [2.75, 3.05) is 29.7 Å². The summed E-state index contributed by atoms with van der Waals surface area (Å²) in [6, 6.07) is 9.99. The Morgan fingerprint density at radius 2 is 1.71 bits per heavy atom. The number of amides is 1. The molecule has 2 aromatic carbocycles. The van der Waals surface area contributed by atoms with Crippen LogP contribution in [0.15, 0.2) is 41.3 Å². The molecule has 1 amide bonds. The molecular formula is C28H37N3O6S. The Bertz CT molecular complexity index is 1290. The van der Waals surface area contributed by atoms with E-state index in [0.717, 1.165) is 37.7 Å². The number of ether oxygens (including phenoxy) is 1. The fraction of sp³-hybridized carbons (Fsp3) is 0.500. The Balaban J connectivity index is 1.44. The Labute approximate surface area is 224 Å². The van der Waals surface area contributed by atoms with Crippen LogP contribution in [0.4, 0.5) is 16.2 Å². The Kier molecular flexibility index (Phi) is 8.20. The molecule has 0 spiro atoms. The van der Waals surface area contributed by atoms with E-state index in [-0.39, 0.29) is 28.2 Å². The lowest BCUT2D eigenvalue weighted by Crippen LogP contribution is -2.42. The Morgan fingerprint density at radius 3 is 2.39 bits per heavy atom. The molecule has 4 rings (SSSR count). The van der Waals surface area contributed by atoms with E-state index in [2.05, 4.69) is 10.0 Å². The second-order valence-corrected chi connectivity index (χ2v) is 12.7. The molecule has 0 unspecified atom stereocenters. The lowest BCUT2D eigenvalue weighted by molar-refractivity contribution is 0.0188. The molecule has 0 bridgehead atoms. The van der Waals surface area contributed by atoms with Gasteiger partial charge in [0.15, 0.2) is 0 Å². The van der Waals surface area contributed by atoms with Crippen molar-refractivity contribution >= 4 is 33.5 Å². The largest absolute Gasteiger partial charge is 0.478 e. The predicted molar refractivity (Wildman–Crippen MR) is 146 cm³/mol. The van der Waals surface area contributed by atoms with E-state index in [1.807, 2.05) is 26.8 Å². The highest BCUT2D eigenvalue weighted by molar-refractivity contribution is 7.92. The van der Waals surface area contributed by atoms with Crippen LogP contribution in [-0.4, -0.2) is 55.7 Å². The summed E-state index contributed by atoms with van der Waals surface area (Å²) in [5, 5.41) is 13.2. The number of carbonyl (C=O) groups excluding carboxylic acids is 1. The van der Waals surface area contributed by atoms with Crippen molar-refractivity contribution in [2.24, 2.45) is 5.92 Å². The maximum Gasteiger partial charge on any atom is 0.410 e. The van der Waals surface area contributed by atoms with Gasteiger partial charge in [0.05, 0.1) is 16.9 Å². The number of hydrogen-bond donors (Lipinski definition) is 3. The molecule has 2 aliphatic rings. The summed E-state index contributed by atoms with van der Waals surface area (Å²) in [5.41, 5.74) is 1.72. The fourth-order valence-electron chi connectivity index (χ4n) is 5.10. The van der Waals surface area contributed by atoms with Gasteiger partial charge >= 0.3 is 12.1 Å². The molecule has 2 aromatic rings. The summed E-state index contributed by atoms with van der Waals surface area (Å²) < 4.78 is 34.9. The lowest BCUT2D eigenvalue weighted by atomic mass is 9.87. The topological polar surface area (TPSA) is 125 Å². The van der Waals surface area contributed by atoms with E-state index < -0.39 is 21.6 Å². The first-order chi connectivity index (χ1) is 17.9. The van der Waals surface area contributed by atoms with Crippen molar-refractivity contribution in [2.45, 2.75) is 69.8 Å². The van der Waals surface area contributed by atoms with Gasteiger partial charge in [-0.3, -0.25) is 4.72 Å². The number of fused-ring (bicyclic) bond motifs is 1. The van der Waals surface area contributed by atoms with Gasteiger partial charge in [0.2, 0.25) is 0 Å². The number of rotatable bonds is 7. The standard InChI is InChI=1S/C28H37N3O6S/c1-28(2,3)37-27(34)31-16-14-19(15-17-31)18-29-22-10-6-7-11-24(22)38(35,36)30-23-13-12-20-8-4-5-9-21(20)25(23)26(32)33/h6-7,10-13,19,29-30H,4-5,8-9,14-18H2,1-3H3,(H,32,33). The minimum atomic E-state index is -4.06. The smallest absolute Gasteiger partial charge is 0.410 e. The fourth-order valence-corrected chi connectivity index (χ4v) is 6.36. The molecule has 10 heteroatoms. The normalized spacial score (nSPS) is 16.4. The highest BCUT2D eigenvalue weighted by atomic mass is 32.2. The monoisotopic (exact) mass is 543 g/mol. The number of carboxylic acid groups (broad SMARTS) is 1. The average molecular weight is 544 g/mol. The van der Waals surface area contributed by atoms with Crippen LogP contribution in [0.2, 0.25) is 0 Å². The number of likely N-dealkylation sites (tertiary alicyclic amines) is 1. The van der Waals surface area contributed by atoms with Gasteiger partial charge in [0, 0.05) is 19.6 Å². The first-order valence-electron chi connectivity index (χ1n) is 13.2.